The number of pyridine rings is 1. The molecule has 0 bridgehead atoms. The van der Waals surface area contributed by atoms with Crippen LogP contribution >= 0.6 is 15.9 Å². The molecule has 1 amide bonds. The average molecular weight is 345 g/mol. The van der Waals surface area contributed by atoms with Gasteiger partial charge in [-0.05, 0) is 42.5 Å². The zero-order chi connectivity index (χ0) is 14.8. The number of hydrogen-bond donors (Lipinski definition) is 1. The highest BCUT2D eigenvalue weighted by molar-refractivity contribution is 9.10. The van der Waals surface area contributed by atoms with Crippen molar-refractivity contribution in [3.05, 3.63) is 64.4 Å². The molecule has 1 N–H and O–H groups in total. The van der Waals surface area contributed by atoms with E-state index in [4.69, 9.17) is 0 Å². The molecule has 3 nitrogen and oxygen atoms in total. The first-order valence-corrected chi connectivity index (χ1v) is 7.91. The normalized spacial score (nSPS) is 21.6. The number of rotatable bonds is 4. The van der Waals surface area contributed by atoms with Crippen LogP contribution < -0.4 is 5.32 Å². The Kier molecular flexibility index (Phi) is 4.06. The molecule has 1 heterocycles. The Labute approximate surface area is 132 Å². The van der Waals surface area contributed by atoms with E-state index < -0.39 is 0 Å². The first kappa shape index (κ1) is 14.3. The summed E-state index contributed by atoms with van der Waals surface area (Å²) in [7, 11) is 0. The van der Waals surface area contributed by atoms with Crippen LogP contribution in [-0.4, -0.2) is 10.9 Å². The van der Waals surface area contributed by atoms with E-state index in [1.807, 2.05) is 37.3 Å². The number of amides is 1. The van der Waals surface area contributed by atoms with Crippen LogP contribution in [0.2, 0.25) is 0 Å². The standard InChI is InChI=1S/C17H17BrN2O/c1-11(12-5-4-8-19-10-12)20-17(21)15-9-14(15)13-6-2-3-7-16(13)18/h2-8,10-11,14-15H,9H2,1H3,(H,20,21)/t11-,14+,15+/m0/s1. The number of hydrogen-bond acceptors (Lipinski definition) is 2. The maximum atomic E-state index is 12.3. The lowest BCUT2D eigenvalue weighted by Crippen LogP contribution is -2.28. The Morgan fingerprint density at radius 2 is 2.14 bits per heavy atom. The van der Waals surface area contributed by atoms with Gasteiger partial charge in [0.2, 0.25) is 5.91 Å². The Morgan fingerprint density at radius 1 is 1.33 bits per heavy atom. The fourth-order valence-electron chi connectivity index (χ4n) is 2.64. The molecule has 1 aliphatic rings. The molecule has 0 spiro atoms. The number of aromatic nitrogens is 1. The van der Waals surface area contributed by atoms with Gasteiger partial charge in [-0.1, -0.05) is 40.2 Å². The van der Waals surface area contributed by atoms with Crippen molar-refractivity contribution >= 4 is 21.8 Å². The molecule has 2 aromatic rings. The highest BCUT2D eigenvalue weighted by Crippen LogP contribution is 2.49. The van der Waals surface area contributed by atoms with E-state index in [2.05, 4.69) is 32.3 Å². The summed E-state index contributed by atoms with van der Waals surface area (Å²) in [4.78, 5) is 16.4. The van der Waals surface area contributed by atoms with Crippen LogP contribution in [0.1, 0.15) is 36.4 Å². The lowest BCUT2D eigenvalue weighted by Gasteiger charge is -2.14. The summed E-state index contributed by atoms with van der Waals surface area (Å²) >= 11 is 3.56. The van der Waals surface area contributed by atoms with E-state index in [9.17, 15) is 4.79 Å². The summed E-state index contributed by atoms with van der Waals surface area (Å²) in [6.07, 6.45) is 4.46. The summed E-state index contributed by atoms with van der Waals surface area (Å²) in [5, 5.41) is 3.08. The van der Waals surface area contributed by atoms with Crippen molar-refractivity contribution in [2.45, 2.75) is 25.3 Å². The van der Waals surface area contributed by atoms with Gasteiger partial charge >= 0.3 is 0 Å². The smallest absolute Gasteiger partial charge is 0.224 e. The predicted octanol–water partition coefficient (Wildman–Crippen LogP) is 3.83. The minimum Gasteiger partial charge on any atom is -0.349 e. The number of nitrogens with zero attached hydrogens (tertiary/aromatic N) is 1. The lowest BCUT2D eigenvalue weighted by atomic mass is 10.1. The van der Waals surface area contributed by atoms with Gasteiger partial charge in [0.1, 0.15) is 0 Å². The van der Waals surface area contributed by atoms with Crippen LogP contribution in [-0.2, 0) is 4.79 Å². The Bertz CT molecular complexity index is 644. The third-order valence-corrected chi connectivity index (χ3v) is 4.70. The first-order valence-electron chi connectivity index (χ1n) is 7.11. The van der Waals surface area contributed by atoms with Gasteiger partial charge in [-0.2, -0.15) is 0 Å². The van der Waals surface area contributed by atoms with Crippen LogP contribution in [0.3, 0.4) is 0 Å². The van der Waals surface area contributed by atoms with Crippen molar-refractivity contribution in [3.63, 3.8) is 0 Å². The Morgan fingerprint density at radius 3 is 2.86 bits per heavy atom. The SMILES string of the molecule is C[C@H](NC(=O)[C@@H]1C[C@@H]1c1ccccc1Br)c1cccnc1. The van der Waals surface area contributed by atoms with Gasteiger partial charge in [-0.15, -0.1) is 0 Å². The van der Waals surface area contributed by atoms with E-state index in [1.165, 1.54) is 5.56 Å². The fraction of sp³-hybridized carbons (Fsp3) is 0.294. The maximum absolute atomic E-state index is 12.3. The second kappa shape index (κ2) is 5.98. The number of halogens is 1. The number of carbonyl (C=O) groups excluding carboxylic acids is 1. The molecule has 4 heteroatoms. The summed E-state index contributed by atoms with van der Waals surface area (Å²) in [6.45, 7) is 1.99. The van der Waals surface area contributed by atoms with E-state index in [1.54, 1.807) is 12.4 Å². The number of benzene rings is 1. The summed E-state index contributed by atoms with van der Waals surface area (Å²) in [5.74, 6) is 0.552. The molecule has 3 atom stereocenters. The molecule has 1 aromatic carbocycles. The van der Waals surface area contributed by atoms with Crippen LogP contribution in [0, 0.1) is 5.92 Å². The van der Waals surface area contributed by atoms with Gasteiger partial charge in [-0.25, -0.2) is 0 Å². The molecule has 1 aliphatic carbocycles. The zero-order valence-corrected chi connectivity index (χ0v) is 13.4. The highest BCUT2D eigenvalue weighted by Gasteiger charge is 2.44. The predicted molar refractivity (Wildman–Crippen MR) is 85.8 cm³/mol. The molecule has 3 rings (SSSR count). The molecule has 21 heavy (non-hydrogen) atoms. The topological polar surface area (TPSA) is 42.0 Å². The molecule has 108 valence electrons. The second-order valence-corrected chi connectivity index (χ2v) is 6.34. The van der Waals surface area contributed by atoms with Gasteiger partial charge in [-0.3, -0.25) is 9.78 Å². The van der Waals surface area contributed by atoms with E-state index in [-0.39, 0.29) is 17.9 Å². The van der Waals surface area contributed by atoms with Crippen molar-refractivity contribution in [3.8, 4) is 0 Å². The number of carbonyl (C=O) groups is 1. The molecule has 0 saturated heterocycles. The van der Waals surface area contributed by atoms with Crippen LogP contribution in [0.25, 0.3) is 0 Å². The van der Waals surface area contributed by atoms with Crippen molar-refractivity contribution in [2.75, 3.05) is 0 Å². The van der Waals surface area contributed by atoms with Crippen molar-refractivity contribution < 1.29 is 4.79 Å². The lowest BCUT2D eigenvalue weighted by molar-refractivity contribution is -0.123. The van der Waals surface area contributed by atoms with Gasteiger partial charge in [0.15, 0.2) is 0 Å². The molecule has 0 radical (unpaired) electrons. The monoisotopic (exact) mass is 344 g/mol. The summed E-state index contributed by atoms with van der Waals surface area (Å²) < 4.78 is 1.09. The summed E-state index contributed by atoms with van der Waals surface area (Å²) in [5.41, 5.74) is 2.26. The molecule has 0 aliphatic heterocycles. The van der Waals surface area contributed by atoms with Crippen LogP contribution in [0.5, 0.6) is 0 Å². The van der Waals surface area contributed by atoms with Gasteiger partial charge in [0.05, 0.1) is 6.04 Å². The molecular weight excluding hydrogens is 328 g/mol. The fourth-order valence-corrected chi connectivity index (χ4v) is 3.22. The van der Waals surface area contributed by atoms with Crippen LogP contribution in [0.4, 0.5) is 0 Å². The molecule has 1 aromatic heterocycles. The third-order valence-electron chi connectivity index (χ3n) is 3.98. The summed E-state index contributed by atoms with van der Waals surface area (Å²) in [6, 6.07) is 12.0. The van der Waals surface area contributed by atoms with E-state index in [0.717, 1.165) is 16.5 Å². The Hall–Kier alpha value is -1.68. The maximum Gasteiger partial charge on any atom is 0.224 e. The Balaban J connectivity index is 1.62. The van der Waals surface area contributed by atoms with Crippen molar-refractivity contribution in [1.82, 2.24) is 10.3 Å². The van der Waals surface area contributed by atoms with E-state index >= 15 is 0 Å². The molecule has 1 saturated carbocycles. The molecule has 1 fully saturated rings. The number of nitrogens with one attached hydrogen (secondary N) is 1. The zero-order valence-electron chi connectivity index (χ0n) is 11.8. The van der Waals surface area contributed by atoms with Gasteiger partial charge in [0, 0.05) is 22.8 Å². The average Bonchev–Trinajstić information content (AvgIpc) is 3.29. The minimum atomic E-state index is -0.00772. The minimum absolute atomic E-state index is 0.00772. The van der Waals surface area contributed by atoms with Crippen molar-refractivity contribution in [2.24, 2.45) is 5.92 Å². The second-order valence-electron chi connectivity index (χ2n) is 5.49. The van der Waals surface area contributed by atoms with Crippen LogP contribution in [0.15, 0.2) is 53.3 Å². The third kappa shape index (κ3) is 3.16. The van der Waals surface area contributed by atoms with Crippen molar-refractivity contribution in [1.29, 1.82) is 0 Å². The van der Waals surface area contributed by atoms with Gasteiger partial charge < -0.3 is 5.32 Å². The highest BCUT2D eigenvalue weighted by atomic mass is 79.9. The first-order chi connectivity index (χ1) is 10.2. The van der Waals surface area contributed by atoms with E-state index in [0.29, 0.717) is 5.92 Å². The molecule has 0 unspecified atom stereocenters. The molecular formula is C17H17BrN2O. The quantitative estimate of drug-likeness (QED) is 0.915. The largest absolute Gasteiger partial charge is 0.349 e. The van der Waals surface area contributed by atoms with Gasteiger partial charge in [0.25, 0.3) is 0 Å².